The Labute approximate surface area is 242 Å². The summed E-state index contributed by atoms with van der Waals surface area (Å²) in [7, 11) is -2.37. The Morgan fingerprint density at radius 2 is 1.07 bits per heavy atom. The number of rotatable bonds is 8. The minimum Gasteiger partial charge on any atom is -0.103 e. The van der Waals surface area contributed by atoms with Gasteiger partial charge in [0, 0.05) is 0 Å². The Hall–Kier alpha value is -3.16. The first-order valence-electron chi connectivity index (χ1n) is 15.6. The minimum absolute atomic E-state index is 0.570. The van der Waals surface area contributed by atoms with Gasteiger partial charge in [0.1, 0.15) is 8.07 Å². The van der Waals surface area contributed by atoms with Crippen LogP contribution in [-0.2, 0) is 0 Å². The van der Waals surface area contributed by atoms with Crippen LogP contribution in [0.1, 0.15) is 25.7 Å². The van der Waals surface area contributed by atoms with Gasteiger partial charge in [-0.3, -0.25) is 0 Å². The van der Waals surface area contributed by atoms with Crippen LogP contribution in [0.3, 0.4) is 0 Å². The quantitative estimate of drug-likeness (QED) is 0.180. The molecule has 0 radical (unpaired) electrons. The van der Waals surface area contributed by atoms with Crippen LogP contribution in [0, 0.1) is 41.4 Å². The zero-order valence-corrected chi connectivity index (χ0v) is 24.5. The van der Waals surface area contributed by atoms with E-state index < -0.39 is 8.07 Å². The van der Waals surface area contributed by atoms with E-state index in [2.05, 4.69) is 146 Å². The number of hydrogen-bond acceptors (Lipinski definition) is 0. The minimum atomic E-state index is -2.37. The molecule has 0 spiro atoms. The summed E-state index contributed by atoms with van der Waals surface area (Å²) in [6.07, 6.45) is 36.7. The second-order valence-corrected chi connectivity index (χ2v) is 17.0. The fourth-order valence-corrected chi connectivity index (χ4v) is 17.2. The molecular formula is C39H42Si. The molecule has 2 fully saturated rings. The van der Waals surface area contributed by atoms with Crippen LogP contribution < -0.4 is 10.4 Å². The van der Waals surface area contributed by atoms with Crippen LogP contribution >= 0.6 is 0 Å². The Kier molecular flexibility index (Phi) is 7.10. The SMILES string of the molecule is C=CCCCC1CC([Si](c2ccccc2)(c2ccccc2)C2C3C=CC=CC3C3C=CC=CC32)C2C=CC=CC12. The van der Waals surface area contributed by atoms with E-state index >= 15 is 0 Å². The van der Waals surface area contributed by atoms with E-state index in [1.54, 1.807) is 10.4 Å². The molecule has 0 aromatic heterocycles. The molecule has 0 amide bonds. The summed E-state index contributed by atoms with van der Waals surface area (Å²) in [5.74, 6) is 4.31. The summed E-state index contributed by atoms with van der Waals surface area (Å²) in [5.41, 5.74) is 1.28. The molecule has 5 aliphatic carbocycles. The second-order valence-electron chi connectivity index (χ2n) is 12.7. The third-order valence-electron chi connectivity index (χ3n) is 11.1. The van der Waals surface area contributed by atoms with Gasteiger partial charge in [0.05, 0.1) is 0 Å². The number of unbranched alkanes of at least 4 members (excludes halogenated alkanes) is 1. The normalized spacial score (nSPS) is 35.0. The monoisotopic (exact) mass is 538 g/mol. The maximum Gasteiger partial charge on any atom is 0.125 e. The van der Waals surface area contributed by atoms with Crippen molar-refractivity contribution in [3.8, 4) is 0 Å². The second kappa shape index (κ2) is 11.0. The summed E-state index contributed by atoms with van der Waals surface area (Å²) in [6, 6.07) is 23.8. The smallest absolute Gasteiger partial charge is 0.103 e. The van der Waals surface area contributed by atoms with Crippen LogP contribution in [0.2, 0.25) is 11.1 Å². The third-order valence-corrected chi connectivity index (χ3v) is 17.3. The maximum atomic E-state index is 4.03. The van der Waals surface area contributed by atoms with E-state index in [-0.39, 0.29) is 0 Å². The number of fused-ring (bicyclic) bond motifs is 4. The topological polar surface area (TPSA) is 0 Å². The van der Waals surface area contributed by atoms with Crippen molar-refractivity contribution in [3.63, 3.8) is 0 Å². The number of allylic oxidation sites excluding steroid dienone is 13. The van der Waals surface area contributed by atoms with Crippen LogP contribution in [0.5, 0.6) is 0 Å². The molecule has 1 heteroatoms. The van der Waals surface area contributed by atoms with E-state index in [4.69, 9.17) is 0 Å². The molecule has 0 N–H and O–H groups in total. The Morgan fingerprint density at radius 3 is 1.60 bits per heavy atom. The molecule has 8 atom stereocenters. The highest BCUT2D eigenvalue weighted by atomic mass is 28.3. The van der Waals surface area contributed by atoms with Crippen molar-refractivity contribution in [2.45, 2.75) is 36.8 Å². The van der Waals surface area contributed by atoms with Gasteiger partial charge in [0.15, 0.2) is 0 Å². The van der Waals surface area contributed by atoms with Crippen LogP contribution in [-0.4, -0.2) is 8.07 Å². The van der Waals surface area contributed by atoms with Crippen LogP contribution in [0.4, 0.5) is 0 Å². The van der Waals surface area contributed by atoms with Gasteiger partial charge in [-0.05, 0) is 78.2 Å². The van der Waals surface area contributed by atoms with Crippen molar-refractivity contribution in [1.82, 2.24) is 0 Å². The summed E-state index contributed by atoms with van der Waals surface area (Å²) >= 11 is 0. The first-order valence-corrected chi connectivity index (χ1v) is 17.8. The molecule has 2 saturated carbocycles. The summed E-state index contributed by atoms with van der Waals surface area (Å²) in [4.78, 5) is 0. The van der Waals surface area contributed by atoms with Gasteiger partial charge < -0.3 is 0 Å². The molecule has 7 rings (SSSR count). The zero-order chi connectivity index (χ0) is 26.9. The van der Waals surface area contributed by atoms with E-state index in [0.29, 0.717) is 46.6 Å². The lowest BCUT2D eigenvalue weighted by Crippen LogP contribution is -2.67. The lowest BCUT2D eigenvalue weighted by molar-refractivity contribution is 0.385. The maximum absolute atomic E-state index is 4.03. The third kappa shape index (κ3) is 4.08. The highest BCUT2D eigenvalue weighted by Crippen LogP contribution is 2.64. The van der Waals surface area contributed by atoms with Crippen molar-refractivity contribution in [2.24, 2.45) is 41.4 Å². The van der Waals surface area contributed by atoms with E-state index in [1.165, 1.54) is 19.3 Å². The van der Waals surface area contributed by atoms with Gasteiger partial charge in [-0.2, -0.15) is 0 Å². The highest BCUT2D eigenvalue weighted by Gasteiger charge is 2.64. The molecule has 5 aliphatic rings. The molecule has 0 heterocycles. The lowest BCUT2D eigenvalue weighted by Gasteiger charge is -2.49. The Balaban J connectivity index is 1.47. The molecule has 202 valence electrons. The first kappa shape index (κ1) is 25.8. The Morgan fingerprint density at radius 1 is 0.600 bits per heavy atom. The predicted molar refractivity (Wildman–Crippen MR) is 173 cm³/mol. The largest absolute Gasteiger partial charge is 0.125 e. The fourth-order valence-electron chi connectivity index (χ4n) is 9.77. The lowest BCUT2D eigenvalue weighted by atomic mass is 9.83. The van der Waals surface area contributed by atoms with Crippen molar-refractivity contribution in [1.29, 1.82) is 0 Å². The van der Waals surface area contributed by atoms with Gasteiger partial charge in [-0.15, -0.1) is 6.58 Å². The molecule has 40 heavy (non-hydrogen) atoms. The summed E-state index contributed by atoms with van der Waals surface area (Å²) in [5, 5.41) is 3.30. The molecule has 0 nitrogen and oxygen atoms in total. The van der Waals surface area contributed by atoms with E-state index in [1.807, 2.05) is 0 Å². The van der Waals surface area contributed by atoms with Crippen molar-refractivity contribution < 1.29 is 0 Å². The summed E-state index contributed by atoms with van der Waals surface area (Å²) < 4.78 is 0. The van der Waals surface area contributed by atoms with Crippen LogP contribution in [0.15, 0.2) is 146 Å². The van der Waals surface area contributed by atoms with Crippen molar-refractivity contribution in [3.05, 3.63) is 146 Å². The predicted octanol–water partition coefficient (Wildman–Crippen LogP) is 8.46. The molecule has 0 saturated heterocycles. The first-order chi connectivity index (χ1) is 19.8. The highest BCUT2D eigenvalue weighted by molar-refractivity contribution is 7.04. The molecule has 2 aromatic rings. The zero-order valence-electron chi connectivity index (χ0n) is 23.5. The molecule has 0 aliphatic heterocycles. The van der Waals surface area contributed by atoms with E-state index in [0.717, 1.165) is 12.3 Å². The van der Waals surface area contributed by atoms with Gasteiger partial charge in [-0.25, -0.2) is 0 Å². The molecular weight excluding hydrogens is 497 g/mol. The van der Waals surface area contributed by atoms with Gasteiger partial charge in [0.2, 0.25) is 0 Å². The summed E-state index contributed by atoms with van der Waals surface area (Å²) in [6.45, 7) is 4.03. The average molecular weight is 539 g/mol. The number of hydrogen-bond donors (Lipinski definition) is 0. The van der Waals surface area contributed by atoms with Crippen LogP contribution in [0.25, 0.3) is 0 Å². The molecule has 0 bridgehead atoms. The average Bonchev–Trinajstić information content (AvgIpc) is 3.56. The standard InChI is InChI=1S/C39H42Si/c1-2-3-6-17-29-28-38(35-25-14-11-22-32(29)35)40(30-18-7-4-8-19-30,31-20-9-5-10-21-31)39-36-26-15-12-23-33(36)34-24-13-16-27-37(34)39/h2,4-5,7-16,18-27,29,32-39H,1,3,6,17,28H2. The van der Waals surface area contributed by atoms with Gasteiger partial charge in [-0.1, -0.05) is 150 Å². The molecule has 8 unspecified atom stereocenters. The van der Waals surface area contributed by atoms with E-state index in [9.17, 15) is 0 Å². The Bertz CT molecular complexity index is 1300. The van der Waals surface area contributed by atoms with Crippen molar-refractivity contribution in [2.75, 3.05) is 0 Å². The van der Waals surface area contributed by atoms with Gasteiger partial charge in [0.25, 0.3) is 0 Å². The number of benzene rings is 2. The van der Waals surface area contributed by atoms with Crippen molar-refractivity contribution >= 4 is 18.4 Å². The van der Waals surface area contributed by atoms with Gasteiger partial charge >= 0.3 is 0 Å². The molecule has 2 aromatic carbocycles. The fraction of sp³-hybridized carbons (Fsp3) is 0.333.